The molecule has 6 nitrogen and oxygen atoms in total. The van der Waals surface area contributed by atoms with Crippen LogP contribution < -0.4 is 0 Å². The van der Waals surface area contributed by atoms with Gasteiger partial charge in [-0.15, -0.1) is 0 Å². The number of nitrogens with one attached hydrogen (secondary N) is 1. The van der Waals surface area contributed by atoms with Crippen LogP contribution in [0.1, 0.15) is 51.0 Å². The van der Waals surface area contributed by atoms with Crippen LogP contribution in [0.15, 0.2) is 12.4 Å². The summed E-state index contributed by atoms with van der Waals surface area (Å²) in [6.07, 6.45) is 6.43. The largest absolute Gasteiger partial charge is 0.469 e. The summed E-state index contributed by atoms with van der Waals surface area (Å²) in [5, 5.41) is 6.82. The Hall–Kier alpha value is -1.85. The number of aromatic nitrogens is 2. The van der Waals surface area contributed by atoms with Crippen molar-refractivity contribution in [3.63, 3.8) is 0 Å². The van der Waals surface area contributed by atoms with Crippen LogP contribution in [0, 0.1) is 5.41 Å². The number of carbonyl (C=O) groups is 2. The van der Waals surface area contributed by atoms with E-state index in [-0.39, 0.29) is 23.7 Å². The second-order valence-electron chi connectivity index (χ2n) is 6.80. The number of hydrogen-bond acceptors (Lipinski definition) is 4. The van der Waals surface area contributed by atoms with Crippen molar-refractivity contribution in [2.24, 2.45) is 5.41 Å². The average Bonchev–Trinajstić information content (AvgIpc) is 3.00. The van der Waals surface area contributed by atoms with Crippen LogP contribution in [0.2, 0.25) is 0 Å². The lowest BCUT2D eigenvalue weighted by molar-refractivity contribution is -0.144. The van der Waals surface area contributed by atoms with E-state index in [4.69, 9.17) is 4.74 Å². The molecule has 1 aromatic heterocycles. The van der Waals surface area contributed by atoms with Crippen molar-refractivity contribution in [1.29, 1.82) is 0 Å². The molecule has 0 aromatic carbocycles. The highest BCUT2D eigenvalue weighted by Crippen LogP contribution is 2.30. The van der Waals surface area contributed by atoms with E-state index < -0.39 is 0 Å². The predicted molar refractivity (Wildman–Crippen MR) is 82.2 cm³/mol. The molecule has 1 unspecified atom stereocenters. The summed E-state index contributed by atoms with van der Waals surface area (Å²) in [6.45, 7) is 5.38. The van der Waals surface area contributed by atoms with Crippen molar-refractivity contribution < 1.29 is 14.3 Å². The number of nitrogens with zero attached hydrogens (tertiary/aromatic N) is 2. The minimum atomic E-state index is -0.382. The lowest BCUT2D eigenvalue weighted by Crippen LogP contribution is -2.41. The summed E-state index contributed by atoms with van der Waals surface area (Å²) in [5.41, 5.74) is 0.776. The number of rotatable bonds is 5. The molecule has 1 saturated heterocycles. The molecular weight excluding hydrogens is 282 g/mol. The zero-order valence-corrected chi connectivity index (χ0v) is 13.6. The maximum atomic E-state index is 12.5. The van der Waals surface area contributed by atoms with Crippen molar-refractivity contribution >= 4 is 11.9 Å². The molecule has 1 N–H and O–H groups in total. The van der Waals surface area contributed by atoms with Gasteiger partial charge in [-0.1, -0.05) is 13.8 Å². The van der Waals surface area contributed by atoms with Gasteiger partial charge in [0, 0.05) is 31.6 Å². The maximum absolute atomic E-state index is 12.5. The smallest absolute Gasteiger partial charge is 0.306 e. The van der Waals surface area contributed by atoms with Gasteiger partial charge in [-0.05, 0) is 23.8 Å². The minimum Gasteiger partial charge on any atom is -0.469 e. The average molecular weight is 307 g/mol. The van der Waals surface area contributed by atoms with E-state index in [9.17, 15) is 9.59 Å². The van der Waals surface area contributed by atoms with Gasteiger partial charge in [0.2, 0.25) is 5.91 Å². The number of carbonyl (C=O) groups excluding carboxylic acids is 2. The third kappa shape index (κ3) is 4.32. The van der Waals surface area contributed by atoms with Crippen LogP contribution >= 0.6 is 0 Å². The lowest BCUT2D eigenvalue weighted by Gasteiger charge is -2.34. The number of piperidine rings is 1. The Labute approximate surface area is 131 Å². The van der Waals surface area contributed by atoms with Crippen LogP contribution in [0.25, 0.3) is 0 Å². The van der Waals surface area contributed by atoms with Crippen LogP contribution in [0.4, 0.5) is 0 Å². The second-order valence-corrected chi connectivity index (χ2v) is 6.80. The van der Waals surface area contributed by atoms with Gasteiger partial charge in [0.1, 0.15) is 0 Å². The molecule has 1 aromatic rings. The molecular formula is C16H25N3O3. The monoisotopic (exact) mass is 307 g/mol. The van der Waals surface area contributed by atoms with Gasteiger partial charge in [0.25, 0.3) is 0 Å². The number of aromatic amines is 1. The van der Waals surface area contributed by atoms with Gasteiger partial charge >= 0.3 is 5.97 Å². The molecule has 0 saturated carbocycles. The van der Waals surface area contributed by atoms with Crippen LogP contribution in [-0.4, -0.2) is 47.2 Å². The van der Waals surface area contributed by atoms with E-state index in [1.165, 1.54) is 7.11 Å². The number of H-pyrrole nitrogens is 1. The molecule has 0 aliphatic carbocycles. The molecule has 2 rings (SSSR count). The fourth-order valence-corrected chi connectivity index (χ4v) is 3.01. The molecule has 1 atom stereocenters. The van der Waals surface area contributed by atoms with E-state index in [0.717, 1.165) is 31.5 Å². The Morgan fingerprint density at radius 1 is 1.45 bits per heavy atom. The van der Waals surface area contributed by atoms with E-state index in [1.807, 2.05) is 31.1 Å². The first-order chi connectivity index (χ1) is 10.4. The van der Waals surface area contributed by atoms with Crippen molar-refractivity contribution in [3.05, 3.63) is 18.0 Å². The van der Waals surface area contributed by atoms with E-state index in [0.29, 0.717) is 12.3 Å². The first-order valence-corrected chi connectivity index (χ1v) is 7.74. The summed E-state index contributed by atoms with van der Waals surface area (Å²) in [5.74, 6) is 0.190. The zero-order chi connectivity index (χ0) is 16.2. The number of esters is 1. The van der Waals surface area contributed by atoms with Crippen LogP contribution in [0.3, 0.4) is 0 Å². The molecule has 2 heterocycles. The third-order valence-electron chi connectivity index (χ3n) is 4.25. The quantitative estimate of drug-likeness (QED) is 0.845. The normalized spacial score (nSPS) is 19.0. The summed E-state index contributed by atoms with van der Waals surface area (Å²) < 4.78 is 4.70. The Morgan fingerprint density at radius 2 is 2.23 bits per heavy atom. The topological polar surface area (TPSA) is 75.3 Å². The Kier molecular flexibility index (Phi) is 5.21. The highest BCUT2D eigenvalue weighted by Gasteiger charge is 2.31. The first kappa shape index (κ1) is 16.5. The van der Waals surface area contributed by atoms with E-state index >= 15 is 0 Å². The minimum absolute atomic E-state index is 0.113. The van der Waals surface area contributed by atoms with Crippen molar-refractivity contribution in [1.82, 2.24) is 15.1 Å². The number of hydrogen-bond donors (Lipinski definition) is 1. The Bertz CT molecular complexity index is 511. The number of amides is 1. The molecule has 1 amide bonds. The number of ether oxygens (including phenoxy) is 1. The van der Waals surface area contributed by atoms with Gasteiger partial charge in [0.05, 0.1) is 19.7 Å². The van der Waals surface area contributed by atoms with Gasteiger partial charge in [-0.3, -0.25) is 14.7 Å². The highest BCUT2D eigenvalue weighted by molar-refractivity contribution is 5.78. The van der Waals surface area contributed by atoms with Crippen LogP contribution in [0.5, 0.6) is 0 Å². The summed E-state index contributed by atoms with van der Waals surface area (Å²) in [6, 6.07) is 0. The molecule has 1 fully saturated rings. The summed E-state index contributed by atoms with van der Waals surface area (Å²) >= 11 is 0. The van der Waals surface area contributed by atoms with Crippen molar-refractivity contribution in [2.45, 2.75) is 45.4 Å². The molecule has 6 heteroatoms. The molecule has 0 spiro atoms. The van der Waals surface area contributed by atoms with E-state index in [1.54, 1.807) is 0 Å². The molecule has 0 bridgehead atoms. The number of likely N-dealkylation sites (tertiary alicyclic amines) is 1. The predicted octanol–water partition coefficient (Wildman–Crippen LogP) is 2.10. The molecule has 22 heavy (non-hydrogen) atoms. The Balaban J connectivity index is 1.93. The molecule has 1 aliphatic heterocycles. The first-order valence-electron chi connectivity index (χ1n) is 7.74. The molecule has 122 valence electrons. The van der Waals surface area contributed by atoms with Gasteiger partial charge in [-0.25, -0.2) is 0 Å². The number of methoxy groups -OCH3 is 1. The molecule has 0 radical (unpaired) electrons. The summed E-state index contributed by atoms with van der Waals surface area (Å²) in [4.78, 5) is 25.9. The van der Waals surface area contributed by atoms with E-state index in [2.05, 4.69) is 10.2 Å². The molecule has 1 aliphatic rings. The van der Waals surface area contributed by atoms with Gasteiger partial charge in [-0.2, -0.15) is 5.10 Å². The fraction of sp³-hybridized carbons (Fsp3) is 0.688. The SMILES string of the molecule is COC(=O)CC(C)(C)CC(=O)N1CCCC(c2cn[nH]c2)C1. The van der Waals surface area contributed by atoms with Crippen LogP contribution in [-0.2, 0) is 14.3 Å². The zero-order valence-electron chi connectivity index (χ0n) is 13.6. The second kappa shape index (κ2) is 6.94. The maximum Gasteiger partial charge on any atom is 0.306 e. The highest BCUT2D eigenvalue weighted by atomic mass is 16.5. The Morgan fingerprint density at radius 3 is 2.86 bits per heavy atom. The third-order valence-corrected chi connectivity index (χ3v) is 4.25. The van der Waals surface area contributed by atoms with Crippen molar-refractivity contribution in [3.8, 4) is 0 Å². The van der Waals surface area contributed by atoms with Gasteiger partial charge < -0.3 is 9.64 Å². The lowest BCUT2D eigenvalue weighted by atomic mass is 9.84. The van der Waals surface area contributed by atoms with Gasteiger partial charge in [0.15, 0.2) is 0 Å². The fourth-order valence-electron chi connectivity index (χ4n) is 3.01. The standard InChI is InChI=1S/C16H25N3O3/c1-16(2,8-15(21)22-3)7-14(20)19-6-4-5-12(11-19)13-9-17-18-10-13/h9-10,12H,4-8,11H2,1-3H3,(H,17,18). The van der Waals surface area contributed by atoms with Crippen molar-refractivity contribution in [2.75, 3.05) is 20.2 Å². The summed E-state index contributed by atoms with van der Waals surface area (Å²) in [7, 11) is 1.38.